The predicted octanol–water partition coefficient (Wildman–Crippen LogP) is 4.97. The lowest BCUT2D eigenvalue weighted by Gasteiger charge is -2.10. The van der Waals surface area contributed by atoms with Gasteiger partial charge < -0.3 is 10.6 Å². The second kappa shape index (κ2) is 7.31. The van der Waals surface area contributed by atoms with Crippen molar-refractivity contribution in [3.05, 3.63) is 83.1 Å². The first-order valence-electron chi connectivity index (χ1n) is 7.99. The van der Waals surface area contributed by atoms with Gasteiger partial charge in [0.1, 0.15) is 5.82 Å². The van der Waals surface area contributed by atoms with Gasteiger partial charge >= 0.3 is 0 Å². The average molecular weight is 353 g/mol. The van der Waals surface area contributed by atoms with Gasteiger partial charge in [-0.1, -0.05) is 17.7 Å². The summed E-state index contributed by atoms with van der Waals surface area (Å²) < 4.78 is 26.3. The molecule has 0 atom stereocenters. The van der Waals surface area contributed by atoms with E-state index >= 15 is 0 Å². The number of rotatable bonds is 4. The molecular weight excluding hydrogens is 336 g/mol. The molecule has 0 fully saturated rings. The fraction of sp³-hybridized carbons (Fsp3) is 0.100. The van der Waals surface area contributed by atoms with Crippen LogP contribution in [0.2, 0.25) is 0 Å². The van der Waals surface area contributed by atoms with Gasteiger partial charge in [-0.15, -0.1) is 0 Å². The van der Waals surface area contributed by atoms with E-state index in [0.29, 0.717) is 17.1 Å². The second-order valence-electron chi connectivity index (χ2n) is 5.96. The van der Waals surface area contributed by atoms with Gasteiger partial charge in [-0.3, -0.25) is 4.79 Å². The van der Waals surface area contributed by atoms with Crippen molar-refractivity contribution in [1.82, 2.24) is 4.98 Å². The molecule has 1 heterocycles. The van der Waals surface area contributed by atoms with Crippen molar-refractivity contribution < 1.29 is 13.6 Å². The highest BCUT2D eigenvalue weighted by Crippen LogP contribution is 2.20. The van der Waals surface area contributed by atoms with Crippen molar-refractivity contribution in [2.45, 2.75) is 13.8 Å². The lowest BCUT2D eigenvalue weighted by molar-refractivity contribution is 0.102. The smallest absolute Gasteiger partial charge is 0.255 e. The van der Waals surface area contributed by atoms with Crippen LogP contribution in [-0.4, -0.2) is 10.9 Å². The lowest BCUT2D eigenvalue weighted by atomic mass is 10.1. The van der Waals surface area contributed by atoms with Crippen molar-refractivity contribution in [3.8, 4) is 0 Å². The number of halogens is 2. The topological polar surface area (TPSA) is 54.0 Å². The number of anilines is 3. The summed E-state index contributed by atoms with van der Waals surface area (Å²) in [7, 11) is 0. The van der Waals surface area contributed by atoms with E-state index in [4.69, 9.17) is 0 Å². The molecule has 132 valence electrons. The maximum Gasteiger partial charge on any atom is 0.255 e. The van der Waals surface area contributed by atoms with E-state index in [1.54, 1.807) is 12.1 Å². The first-order valence-corrected chi connectivity index (χ1v) is 7.99. The molecule has 3 aromatic rings. The lowest BCUT2D eigenvalue weighted by Crippen LogP contribution is -2.13. The molecule has 0 bridgehead atoms. The molecule has 3 rings (SSSR count). The van der Waals surface area contributed by atoms with E-state index < -0.39 is 11.6 Å². The highest BCUT2D eigenvalue weighted by molar-refractivity contribution is 6.05. The molecule has 6 heteroatoms. The van der Waals surface area contributed by atoms with Gasteiger partial charge in [-0.05, 0) is 49.7 Å². The largest absolute Gasteiger partial charge is 0.340 e. The third kappa shape index (κ3) is 4.03. The summed E-state index contributed by atoms with van der Waals surface area (Å²) in [6.45, 7) is 3.91. The summed E-state index contributed by atoms with van der Waals surface area (Å²) in [6.07, 6.45) is 1.47. The van der Waals surface area contributed by atoms with Crippen molar-refractivity contribution in [2.75, 3.05) is 10.6 Å². The summed E-state index contributed by atoms with van der Waals surface area (Å²) in [4.78, 5) is 16.6. The number of aryl methyl sites for hydroxylation is 2. The molecule has 0 radical (unpaired) electrons. The SMILES string of the molecule is Cc1ccc(NC(=O)c2ccnc(Nc3ccc(F)c(F)c3)c2)c(C)c1. The summed E-state index contributed by atoms with van der Waals surface area (Å²) in [6, 6.07) is 12.3. The maximum atomic E-state index is 13.3. The zero-order valence-corrected chi connectivity index (χ0v) is 14.3. The zero-order chi connectivity index (χ0) is 18.7. The molecule has 0 saturated carbocycles. The van der Waals surface area contributed by atoms with Crippen LogP contribution in [0.25, 0.3) is 0 Å². The molecule has 0 aliphatic heterocycles. The Morgan fingerprint density at radius 1 is 0.962 bits per heavy atom. The van der Waals surface area contributed by atoms with E-state index in [2.05, 4.69) is 15.6 Å². The molecule has 26 heavy (non-hydrogen) atoms. The van der Waals surface area contributed by atoms with Crippen LogP contribution in [0, 0.1) is 25.5 Å². The molecule has 0 aliphatic rings. The van der Waals surface area contributed by atoms with E-state index in [-0.39, 0.29) is 5.91 Å². The third-order valence-electron chi connectivity index (χ3n) is 3.84. The number of nitrogens with one attached hydrogen (secondary N) is 2. The second-order valence-corrected chi connectivity index (χ2v) is 5.96. The summed E-state index contributed by atoms with van der Waals surface area (Å²) in [5, 5.41) is 5.71. The number of nitrogens with zero attached hydrogens (tertiary/aromatic N) is 1. The van der Waals surface area contributed by atoms with E-state index in [1.807, 2.05) is 32.0 Å². The summed E-state index contributed by atoms with van der Waals surface area (Å²) in [5.74, 6) is -1.82. The molecule has 0 spiro atoms. The van der Waals surface area contributed by atoms with Crippen LogP contribution in [-0.2, 0) is 0 Å². The maximum absolute atomic E-state index is 13.3. The van der Waals surface area contributed by atoms with Crippen LogP contribution in [0.5, 0.6) is 0 Å². The van der Waals surface area contributed by atoms with Gasteiger partial charge in [-0.25, -0.2) is 13.8 Å². The molecule has 0 aliphatic carbocycles. The Bertz CT molecular complexity index is 973. The highest BCUT2D eigenvalue weighted by atomic mass is 19.2. The van der Waals surface area contributed by atoms with Crippen LogP contribution in [0.4, 0.5) is 26.0 Å². The number of hydrogen-bond donors (Lipinski definition) is 2. The Morgan fingerprint density at radius 3 is 2.50 bits per heavy atom. The van der Waals surface area contributed by atoms with Crippen molar-refractivity contribution in [2.24, 2.45) is 0 Å². The standard InChI is InChI=1S/C20H17F2N3O/c1-12-3-6-18(13(2)9-12)25-20(26)14-7-8-23-19(10-14)24-15-4-5-16(21)17(22)11-15/h3-11H,1-2H3,(H,23,24)(H,25,26). The number of pyridine rings is 1. The van der Waals surface area contributed by atoms with Crippen molar-refractivity contribution >= 4 is 23.1 Å². The van der Waals surface area contributed by atoms with Gasteiger partial charge in [0.15, 0.2) is 11.6 Å². The average Bonchev–Trinajstić information content (AvgIpc) is 2.61. The highest BCUT2D eigenvalue weighted by Gasteiger charge is 2.10. The minimum Gasteiger partial charge on any atom is -0.340 e. The van der Waals surface area contributed by atoms with E-state index in [9.17, 15) is 13.6 Å². The minimum absolute atomic E-state index is 0.285. The normalized spacial score (nSPS) is 10.5. The molecule has 0 unspecified atom stereocenters. The van der Waals surface area contributed by atoms with Crippen LogP contribution >= 0.6 is 0 Å². The Balaban J connectivity index is 1.77. The van der Waals surface area contributed by atoms with E-state index in [1.165, 1.54) is 12.3 Å². The van der Waals surface area contributed by atoms with Crippen molar-refractivity contribution in [3.63, 3.8) is 0 Å². The Hall–Kier alpha value is -3.28. The summed E-state index contributed by atoms with van der Waals surface area (Å²) >= 11 is 0. The predicted molar refractivity (Wildman–Crippen MR) is 97.7 cm³/mol. The monoisotopic (exact) mass is 353 g/mol. The molecule has 1 aromatic heterocycles. The van der Waals surface area contributed by atoms with Gasteiger partial charge in [0, 0.05) is 29.2 Å². The first-order chi connectivity index (χ1) is 12.4. The Labute approximate surface area is 149 Å². The number of carbonyl (C=O) groups excluding carboxylic acids is 1. The molecule has 2 N–H and O–H groups in total. The van der Waals surface area contributed by atoms with Crippen LogP contribution in [0.15, 0.2) is 54.7 Å². The van der Waals surface area contributed by atoms with Crippen LogP contribution < -0.4 is 10.6 Å². The number of amides is 1. The quantitative estimate of drug-likeness (QED) is 0.696. The molecule has 2 aromatic carbocycles. The number of aromatic nitrogens is 1. The van der Waals surface area contributed by atoms with Gasteiger partial charge in [0.2, 0.25) is 0 Å². The zero-order valence-electron chi connectivity index (χ0n) is 14.3. The number of benzene rings is 2. The molecular formula is C20H17F2N3O. The van der Waals surface area contributed by atoms with Gasteiger partial charge in [-0.2, -0.15) is 0 Å². The fourth-order valence-electron chi connectivity index (χ4n) is 2.51. The summed E-state index contributed by atoms with van der Waals surface area (Å²) in [5.41, 5.74) is 3.54. The van der Waals surface area contributed by atoms with Crippen molar-refractivity contribution in [1.29, 1.82) is 0 Å². The van der Waals surface area contributed by atoms with Gasteiger partial charge in [0.05, 0.1) is 0 Å². The Kier molecular flexibility index (Phi) is 4.93. The minimum atomic E-state index is -0.959. The molecule has 0 saturated heterocycles. The van der Waals surface area contributed by atoms with Crippen LogP contribution in [0.1, 0.15) is 21.5 Å². The van der Waals surface area contributed by atoms with Gasteiger partial charge in [0.25, 0.3) is 5.91 Å². The third-order valence-corrected chi connectivity index (χ3v) is 3.84. The number of hydrogen-bond acceptors (Lipinski definition) is 3. The molecule has 4 nitrogen and oxygen atoms in total. The Morgan fingerprint density at radius 2 is 1.77 bits per heavy atom. The first kappa shape index (κ1) is 17.5. The van der Waals surface area contributed by atoms with E-state index in [0.717, 1.165) is 28.9 Å². The molecule has 1 amide bonds. The van der Waals surface area contributed by atoms with Crippen LogP contribution in [0.3, 0.4) is 0 Å². The fourth-order valence-corrected chi connectivity index (χ4v) is 2.51. The number of carbonyl (C=O) groups is 1.